The predicted molar refractivity (Wildman–Crippen MR) is 99.7 cm³/mol. The van der Waals surface area contributed by atoms with Gasteiger partial charge in [0, 0.05) is 30.6 Å². The summed E-state index contributed by atoms with van der Waals surface area (Å²) in [4.78, 5) is 18.4. The lowest BCUT2D eigenvalue weighted by molar-refractivity contribution is 0.0975. The number of aromatic nitrogens is 3. The van der Waals surface area contributed by atoms with Crippen LogP contribution in [0.2, 0.25) is 0 Å². The third-order valence-corrected chi connectivity index (χ3v) is 4.67. The summed E-state index contributed by atoms with van der Waals surface area (Å²) < 4.78 is 10.3. The quantitative estimate of drug-likeness (QED) is 0.636. The average Bonchev–Trinajstić information content (AvgIpc) is 3.19. The van der Waals surface area contributed by atoms with Crippen molar-refractivity contribution in [2.24, 2.45) is 0 Å². The predicted octanol–water partition coefficient (Wildman–Crippen LogP) is 2.90. The number of rotatable bonds is 7. The number of benzene rings is 1. The molecule has 0 unspecified atom stereocenters. The van der Waals surface area contributed by atoms with Crippen LogP contribution in [0.5, 0.6) is 5.75 Å². The van der Waals surface area contributed by atoms with Gasteiger partial charge in [0.2, 0.25) is 5.13 Å². The van der Waals surface area contributed by atoms with E-state index in [9.17, 15) is 4.79 Å². The molecule has 0 aliphatic rings. The first kappa shape index (κ1) is 18.0. The van der Waals surface area contributed by atoms with Crippen molar-refractivity contribution in [3.05, 3.63) is 54.4 Å². The van der Waals surface area contributed by atoms with Crippen molar-refractivity contribution in [2.75, 3.05) is 32.3 Å². The Labute approximate surface area is 155 Å². The zero-order valence-electron chi connectivity index (χ0n) is 14.5. The van der Waals surface area contributed by atoms with E-state index >= 15 is 0 Å². The molecule has 0 N–H and O–H groups in total. The molecule has 26 heavy (non-hydrogen) atoms. The van der Waals surface area contributed by atoms with Crippen LogP contribution in [-0.4, -0.2) is 48.5 Å². The van der Waals surface area contributed by atoms with Gasteiger partial charge >= 0.3 is 0 Å². The second-order valence-electron chi connectivity index (χ2n) is 5.30. The number of carbonyl (C=O) groups excluding carboxylic acids is 1. The number of pyridine rings is 1. The lowest BCUT2D eigenvalue weighted by atomic mass is 10.2. The summed E-state index contributed by atoms with van der Waals surface area (Å²) in [5.74, 6) is 0.606. The molecule has 0 aliphatic heterocycles. The summed E-state index contributed by atoms with van der Waals surface area (Å²) in [6.07, 6.45) is 3.18. The summed E-state index contributed by atoms with van der Waals surface area (Å²) in [7, 11) is 3.22. The number of carbonyl (C=O) groups is 1. The molecule has 0 saturated heterocycles. The Morgan fingerprint density at radius 2 is 1.81 bits per heavy atom. The molecule has 2 heterocycles. The van der Waals surface area contributed by atoms with Gasteiger partial charge in [-0.25, -0.2) is 0 Å². The molecular weight excluding hydrogens is 352 g/mol. The average molecular weight is 370 g/mol. The third-order valence-electron chi connectivity index (χ3n) is 3.67. The van der Waals surface area contributed by atoms with E-state index in [4.69, 9.17) is 9.47 Å². The third kappa shape index (κ3) is 4.04. The van der Waals surface area contributed by atoms with Crippen LogP contribution in [0, 0.1) is 0 Å². The van der Waals surface area contributed by atoms with Crippen LogP contribution in [0.4, 0.5) is 5.13 Å². The van der Waals surface area contributed by atoms with Crippen LogP contribution in [0.25, 0.3) is 10.6 Å². The van der Waals surface area contributed by atoms with Crippen molar-refractivity contribution < 1.29 is 14.3 Å². The standard InChI is InChI=1S/C18H18N4O3S/c1-24-12-11-22(17(23)14-7-9-19-10-8-14)18-21-20-16(26-18)13-3-5-15(25-2)6-4-13/h3-10H,11-12H2,1-2H3. The topological polar surface area (TPSA) is 77.4 Å². The van der Waals surface area contributed by atoms with E-state index in [0.717, 1.165) is 16.3 Å². The van der Waals surface area contributed by atoms with Crippen LogP contribution in [-0.2, 0) is 4.74 Å². The molecule has 134 valence electrons. The maximum atomic E-state index is 12.8. The van der Waals surface area contributed by atoms with Gasteiger partial charge in [0.15, 0.2) is 0 Å². The van der Waals surface area contributed by atoms with Crippen molar-refractivity contribution in [3.63, 3.8) is 0 Å². The Hall–Kier alpha value is -2.84. The first-order valence-corrected chi connectivity index (χ1v) is 8.73. The number of amides is 1. The number of methoxy groups -OCH3 is 2. The van der Waals surface area contributed by atoms with Gasteiger partial charge in [-0.05, 0) is 36.4 Å². The minimum Gasteiger partial charge on any atom is -0.497 e. The van der Waals surface area contributed by atoms with Gasteiger partial charge < -0.3 is 9.47 Å². The normalized spacial score (nSPS) is 10.5. The van der Waals surface area contributed by atoms with Crippen molar-refractivity contribution in [1.29, 1.82) is 0 Å². The van der Waals surface area contributed by atoms with E-state index in [1.165, 1.54) is 11.3 Å². The molecule has 7 nitrogen and oxygen atoms in total. The summed E-state index contributed by atoms with van der Waals surface area (Å²) >= 11 is 1.35. The molecule has 8 heteroatoms. The molecule has 0 bridgehead atoms. The van der Waals surface area contributed by atoms with E-state index in [-0.39, 0.29) is 5.91 Å². The highest BCUT2D eigenvalue weighted by atomic mass is 32.1. The number of hydrogen-bond donors (Lipinski definition) is 0. The zero-order chi connectivity index (χ0) is 18.4. The highest BCUT2D eigenvalue weighted by Gasteiger charge is 2.21. The molecular formula is C18H18N4O3S. The Morgan fingerprint density at radius 3 is 2.46 bits per heavy atom. The lowest BCUT2D eigenvalue weighted by Gasteiger charge is -2.18. The molecule has 0 spiro atoms. The van der Waals surface area contributed by atoms with Crippen molar-refractivity contribution in [1.82, 2.24) is 15.2 Å². The van der Waals surface area contributed by atoms with E-state index < -0.39 is 0 Å². The van der Waals surface area contributed by atoms with Crippen LogP contribution >= 0.6 is 11.3 Å². The minimum atomic E-state index is -0.165. The summed E-state index contributed by atoms with van der Waals surface area (Å²) in [6.45, 7) is 0.781. The lowest BCUT2D eigenvalue weighted by Crippen LogP contribution is -2.33. The van der Waals surface area contributed by atoms with E-state index in [1.54, 1.807) is 43.6 Å². The second kappa shape index (κ2) is 8.50. The Bertz CT molecular complexity index is 852. The van der Waals surface area contributed by atoms with Crippen molar-refractivity contribution in [3.8, 4) is 16.3 Å². The first-order valence-electron chi connectivity index (χ1n) is 7.91. The Morgan fingerprint density at radius 1 is 1.08 bits per heavy atom. The molecule has 1 aromatic carbocycles. The summed E-state index contributed by atoms with van der Waals surface area (Å²) in [6, 6.07) is 10.9. The molecule has 0 aliphatic carbocycles. The molecule has 2 aromatic heterocycles. The highest BCUT2D eigenvalue weighted by molar-refractivity contribution is 7.18. The van der Waals surface area contributed by atoms with Gasteiger partial charge in [-0.15, -0.1) is 10.2 Å². The smallest absolute Gasteiger partial charge is 0.260 e. The fourth-order valence-electron chi connectivity index (χ4n) is 2.29. The van der Waals surface area contributed by atoms with Gasteiger partial charge in [-0.2, -0.15) is 0 Å². The molecule has 0 atom stereocenters. The SMILES string of the molecule is COCCN(C(=O)c1ccncc1)c1nnc(-c2ccc(OC)cc2)s1. The van der Waals surface area contributed by atoms with E-state index in [1.807, 2.05) is 24.3 Å². The Balaban J connectivity index is 1.87. The molecule has 1 amide bonds. The minimum absolute atomic E-state index is 0.165. The fourth-order valence-corrected chi connectivity index (χ4v) is 3.17. The highest BCUT2D eigenvalue weighted by Crippen LogP contribution is 2.30. The van der Waals surface area contributed by atoms with Crippen molar-refractivity contribution >= 4 is 22.4 Å². The van der Waals surface area contributed by atoms with Crippen LogP contribution in [0.15, 0.2) is 48.8 Å². The van der Waals surface area contributed by atoms with Gasteiger partial charge in [0.25, 0.3) is 5.91 Å². The van der Waals surface area contributed by atoms with E-state index in [2.05, 4.69) is 15.2 Å². The van der Waals surface area contributed by atoms with Crippen LogP contribution in [0.3, 0.4) is 0 Å². The maximum Gasteiger partial charge on any atom is 0.260 e. The first-order chi connectivity index (χ1) is 12.7. The van der Waals surface area contributed by atoms with Gasteiger partial charge in [-0.3, -0.25) is 14.7 Å². The maximum absolute atomic E-state index is 12.8. The summed E-state index contributed by atoms with van der Waals surface area (Å²) in [5, 5.41) is 9.69. The summed E-state index contributed by atoms with van der Waals surface area (Å²) in [5.41, 5.74) is 1.45. The largest absolute Gasteiger partial charge is 0.497 e. The van der Waals surface area contributed by atoms with Crippen LogP contribution < -0.4 is 9.64 Å². The van der Waals surface area contributed by atoms with E-state index in [0.29, 0.717) is 23.8 Å². The van der Waals surface area contributed by atoms with Gasteiger partial charge in [0.1, 0.15) is 10.8 Å². The zero-order valence-corrected chi connectivity index (χ0v) is 15.3. The Kier molecular flexibility index (Phi) is 5.88. The molecule has 0 fully saturated rings. The van der Waals surface area contributed by atoms with Crippen molar-refractivity contribution in [2.45, 2.75) is 0 Å². The molecule has 0 radical (unpaired) electrons. The second-order valence-corrected chi connectivity index (χ2v) is 6.26. The fraction of sp³-hybridized carbons (Fsp3) is 0.222. The number of nitrogens with zero attached hydrogens (tertiary/aromatic N) is 4. The molecule has 3 aromatic rings. The molecule has 3 rings (SSSR count). The number of anilines is 1. The number of hydrogen-bond acceptors (Lipinski definition) is 7. The van der Waals surface area contributed by atoms with Gasteiger partial charge in [0.05, 0.1) is 20.3 Å². The molecule has 0 saturated carbocycles. The monoisotopic (exact) mass is 370 g/mol. The van der Waals surface area contributed by atoms with Gasteiger partial charge in [-0.1, -0.05) is 11.3 Å². The number of ether oxygens (including phenoxy) is 2. The van der Waals surface area contributed by atoms with Crippen LogP contribution in [0.1, 0.15) is 10.4 Å².